The third-order valence-corrected chi connectivity index (χ3v) is 10.9. The van der Waals surface area contributed by atoms with Crippen molar-refractivity contribution in [1.82, 2.24) is 4.90 Å². The van der Waals surface area contributed by atoms with E-state index in [-0.39, 0.29) is 24.3 Å². The van der Waals surface area contributed by atoms with E-state index in [1.807, 2.05) is 14.1 Å². The predicted molar refractivity (Wildman–Crippen MR) is 227 cm³/mol. The number of fused-ring (bicyclic) bond motifs is 1. The third kappa shape index (κ3) is 25.2. The number of nitrogens with zero attached hydrogens (tertiary/aromatic N) is 1. The fourth-order valence-corrected chi connectivity index (χ4v) is 7.75. The van der Waals surface area contributed by atoms with Crippen LogP contribution in [0.3, 0.4) is 0 Å². The van der Waals surface area contributed by atoms with Crippen LogP contribution < -0.4 is 0 Å². The summed E-state index contributed by atoms with van der Waals surface area (Å²) in [5.41, 5.74) is 0. The molecule has 0 bridgehead atoms. The first-order valence-corrected chi connectivity index (χ1v) is 22.8. The van der Waals surface area contributed by atoms with E-state index in [1.54, 1.807) is 0 Å². The van der Waals surface area contributed by atoms with Gasteiger partial charge in [-0.2, -0.15) is 0 Å². The molecule has 1 saturated carbocycles. The highest BCUT2D eigenvalue weighted by atomic mass is 16.8. The Balaban J connectivity index is 1.65. The second kappa shape index (κ2) is 32.5. The number of ether oxygens (including phenoxy) is 3. The minimum atomic E-state index is -0.444. The summed E-state index contributed by atoms with van der Waals surface area (Å²) in [6.07, 6.45) is 53.9. The Morgan fingerprint density at radius 1 is 0.566 bits per heavy atom. The van der Waals surface area contributed by atoms with E-state index in [4.69, 9.17) is 14.2 Å². The van der Waals surface area contributed by atoms with Gasteiger partial charge in [-0.1, -0.05) is 140 Å². The molecule has 1 heterocycles. The monoisotopic (exact) mass is 740 g/mol. The number of allylic oxidation sites excluding steroid dienone is 8. The molecule has 1 aliphatic carbocycles. The van der Waals surface area contributed by atoms with Crippen molar-refractivity contribution in [3.05, 3.63) is 48.6 Å². The standard InChI is InChI=1S/C48H85NO4/c1-5-7-9-11-13-15-17-19-21-23-25-27-29-31-33-35-39-48(40-36-34-32-30-28-26-24-22-20-18-16-14-12-10-8-6-2)52-45-42-44(43-46(45)53-48)51-47(50)38-37-41-49(3)4/h13-16,19-22,44-46H,5-12,17-18,23-43H2,1-4H3/b15-13-,16-14-,21-19-,22-20-/t45-,46-/m0/s1. The first-order chi connectivity index (χ1) is 26.0. The lowest BCUT2D eigenvalue weighted by molar-refractivity contribution is -0.196. The van der Waals surface area contributed by atoms with E-state index in [1.165, 1.54) is 128 Å². The van der Waals surface area contributed by atoms with Crippen LogP contribution in [0.2, 0.25) is 0 Å². The topological polar surface area (TPSA) is 48.0 Å². The summed E-state index contributed by atoms with van der Waals surface area (Å²) in [4.78, 5) is 14.6. The van der Waals surface area contributed by atoms with E-state index in [2.05, 4.69) is 67.4 Å². The molecule has 0 unspecified atom stereocenters. The fourth-order valence-electron chi connectivity index (χ4n) is 7.75. The zero-order valence-electron chi connectivity index (χ0n) is 35.4. The van der Waals surface area contributed by atoms with Crippen molar-refractivity contribution < 1.29 is 19.0 Å². The fraction of sp³-hybridized carbons (Fsp3) is 0.812. The summed E-state index contributed by atoms with van der Waals surface area (Å²) in [5, 5.41) is 0. The van der Waals surface area contributed by atoms with Gasteiger partial charge >= 0.3 is 5.97 Å². The molecule has 0 aromatic rings. The molecule has 0 aromatic carbocycles. The summed E-state index contributed by atoms with van der Waals surface area (Å²) in [6, 6.07) is 0. The molecule has 0 N–H and O–H groups in total. The number of hydrogen-bond acceptors (Lipinski definition) is 5. The third-order valence-electron chi connectivity index (χ3n) is 10.9. The van der Waals surface area contributed by atoms with Gasteiger partial charge in [-0.3, -0.25) is 4.79 Å². The molecule has 53 heavy (non-hydrogen) atoms. The summed E-state index contributed by atoms with van der Waals surface area (Å²) < 4.78 is 19.5. The van der Waals surface area contributed by atoms with Crippen LogP contribution in [0.1, 0.15) is 206 Å². The van der Waals surface area contributed by atoms with Crippen LogP contribution in [0.15, 0.2) is 48.6 Å². The van der Waals surface area contributed by atoms with Gasteiger partial charge < -0.3 is 19.1 Å². The molecular formula is C48H85NO4. The lowest BCUT2D eigenvalue weighted by Gasteiger charge is -2.30. The van der Waals surface area contributed by atoms with E-state index >= 15 is 0 Å². The molecule has 306 valence electrons. The number of hydrogen-bond donors (Lipinski definition) is 0. The Hall–Kier alpha value is -1.69. The van der Waals surface area contributed by atoms with Gasteiger partial charge in [-0.15, -0.1) is 0 Å². The van der Waals surface area contributed by atoms with Crippen molar-refractivity contribution in [3.63, 3.8) is 0 Å². The molecule has 5 heteroatoms. The van der Waals surface area contributed by atoms with Gasteiger partial charge in [-0.05, 0) is 104 Å². The number of carbonyl (C=O) groups is 1. The van der Waals surface area contributed by atoms with E-state index in [0.717, 1.165) is 64.3 Å². The average Bonchev–Trinajstić information content (AvgIpc) is 3.66. The molecule has 1 saturated heterocycles. The minimum absolute atomic E-state index is 0.0591. The Labute approximate surface area is 328 Å². The van der Waals surface area contributed by atoms with Gasteiger partial charge in [0.1, 0.15) is 6.10 Å². The second-order valence-corrected chi connectivity index (χ2v) is 16.4. The van der Waals surface area contributed by atoms with E-state index in [9.17, 15) is 4.79 Å². The number of unbranched alkanes of at least 4 members (excludes halogenated alkanes) is 18. The van der Waals surface area contributed by atoms with Crippen LogP contribution in [-0.4, -0.2) is 55.6 Å². The maximum atomic E-state index is 12.4. The van der Waals surface area contributed by atoms with Crippen molar-refractivity contribution in [2.75, 3.05) is 20.6 Å². The lowest BCUT2D eigenvalue weighted by atomic mass is 9.98. The van der Waals surface area contributed by atoms with E-state index < -0.39 is 5.79 Å². The summed E-state index contributed by atoms with van der Waals surface area (Å²) in [5.74, 6) is -0.522. The van der Waals surface area contributed by atoms with Crippen molar-refractivity contribution in [2.24, 2.45) is 0 Å². The van der Waals surface area contributed by atoms with Crippen LogP contribution in [0.4, 0.5) is 0 Å². The van der Waals surface area contributed by atoms with Gasteiger partial charge in [0.25, 0.3) is 0 Å². The number of rotatable bonds is 35. The van der Waals surface area contributed by atoms with Crippen molar-refractivity contribution >= 4 is 5.97 Å². The van der Waals surface area contributed by atoms with Crippen molar-refractivity contribution in [2.45, 2.75) is 231 Å². The van der Waals surface area contributed by atoms with Crippen LogP contribution in [0.25, 0.3) is 0 Å². The predicted octanol–water partition coefficient (Wildman–Crippen LogP) is 13.9. The van der Waals surface area contributed by atoms with Crippen molar-refractivity contribution in [1.29, 1.82) is 0 Å². The molecule has 5 nitrogen and oxygen atoms in total. The van der Waals surface area contributed by atoms with Gasteiger partial charge in [0, 0.05) is 32.1 Å². The summed E-state index contributed by atoms with van der Waals surface area (Å²) in [7, 11) is 4.08. The Morgan fingerprint density at radius 3 is 1.38 bits per heavy atom. The van der Waals surface area contributed by atoms with Crippen LogP contribution in [-0.2, 0) is 19.0 Å². The highest BCUT2D eigenvalue weighted by Gasteiger charge is 2.52. The van der Waals surface area contributed by atoms with Gasteiger partial charge in [0.15, 0.2) is 5.79 Å². The molecule has 0 spiro atoms. The molecular weight excluding hydrogens is 655 g/mol. The van der Waals surface area contributed by atoms with Crippen molar-refractivity contribution in [3.8, 4) is 0 Å². The Bertz CT molecular complexity index is 920. The maximum absolute atomic E-state index is 12.4. The van der Waals surface area contributed by atoms with Gasteiger partial charge in [0.2, 0.25) is 0 Å². The average molecular weight is 740 g/mol. The zero-order chi connectivity index (χ0) is 38.1. The van der Waals surface area contributed by atoms with Crippen LogP contribution in [0, 0.1) is 0 Å². The molecule has 2 atom stereocenters. The summed E-state index contributed by atoms with van der Waals surface area (Å²) in [6.45, 7) is 5.43. The normalized spacial score (nSPS) is 19.0. The Kier molecular flexibility index (Phi) is 29.1. The highest BCUT2D eigenvalue weighted by Crippen LogP contribution is 2.44. The largest absolute Gasteiger partial charge is 0.462 e. The molecule has 2 fully saturated rings. The first kappa shape index (κ1) is 47.5. The van der Waals surface area contributed by atoms with Gasteiger partial charge in [-0.25, -0.2) is 0 Å². The van der Waals surface area contributed by atoms with E-state index in [0.29, 0.717) is 6.42 Å². The summed E-state index contributed by atoms with van der Waals surface area (Å²) >= 11 is 0. The van der Waals surface area contributed by atoms with Crippen LogP contribution in [0.5, 0.6) is 0 Å². The maximum Gasteiger partial charge on any atom is 0.306 e. The zero-order valence-corrected chi connectivity index (χ0v) is 35.4. The molecule has 2 aliphatic rings. The minimum Gasteiger partial charge on any atom is -0.462 e. The lowest BCUT2D eigenvalue weighted by Crippen LogP contribution is -2.33. The number of esters is 1. The quantitative estimate of drug-likeness (QED) is 0.0368. The SMILES string of the molecule is CCCCC/C=C\C/C=C\CCCCCCCCC1(CCCCCCCC/C=C\C/C=C\CCCCC)O[C@H]2CC(OC(=O)CCCN(C)C)C[C@@H]2O1. The van der Waals surface area contributed by atoms with Crippen LogP contribution >= 0.6 is 0 Å². The van der Waals surface area contributed by atoms with Gasteiger partial charge in [0.05, 0.1) is 12.2 Å². The first-order valence-electron chi connectivity index (χ1n) is 22.8. The smallest absolute Gasteiger partial charge is 0.306 e. The molecule has 1 aliphatic heterocycles. The second-order valence-electron chi connectivity index (χ2n) is 16.4. The number of carbonyl (C=O) groups excluding carboxylic acids is 1. The molecule has 0 radical (unpaired) electrons. The molecule has 0 aromatic heterocycles. The molecule has 2 rings (SSSR count). The molecule has 0 amide bonds. The highest BCUT2D eigenvalue weighted by molar-refractivity contribution is 5.69. The Morgan fingerprint density at radius 2 is 0.962 bits per heavy atom.